The van der Waals surface area contributed by atoms with Crippen molar-refractivity contribution in [2.45, 2.75) is 52.2 Å². The van der Waals surface area contributed by atoms with Gasteiger partial charge in [0.25, 0.3) is 0 Å². The third kappa shape index (κ3) is 5.25. The van der Waals surface area contributed by atoms with Crippen LogP contribution < -0.4 is 0 Å². The summed E-state index contributed by atoms with van der Waals surface area (Å²) in [6.07, 6.45) is 7.35. The largest absolute Gasteiger partial charge is 0.500 e. The molecule has 1 unspecified atom stereocenters. The zero-order valence-electron chi connectivity index (χ0n) is 11.3. The number of hydrogen-bond donors (Lipinski definition) is 0. The van der Waals surface area contributed by atoms with Gasteiger partial charge in [-0.2, -0.15) is 0 Å². The molecule has 4 heteroatoms. The van der Waals surface area contributed by atoms with Crippen LogP contribution in [0.1, 0.15) is 40.0 Å². The molecule has 1 atom stereocenters. The lowest BCUT2D eigenvalue weighted by molar-refractivity contribution is 0.0698. The first-order valence-electron chi connectivity index (χ1n) is 6.08. The van der Waals surface area contributed by atoms with Crippen molar-refractivity contribution in [3.05, 3.63) is 12.2 Å². The average molecular weight is 246 g/mol. The summed E-state index contributed by atoms with van der Waals surface area (Å²) in [5.74, 6) is 0. The van der Waals surface area contributed by atoms with Crippen LogP contribution in [0.15, 0.2) is 12.2 Å². The lowest BCUT2D eigenvalue weighted by atomic mass is 10.2. The van der Waals surface area contributed by atoms with Crippen molar-refractivity contribution in [1.29, 1.82) is 0 Å². The van der Waals surface area contributed by atoms with Gasteiger partial charge in [0.2, 0.25) is 0 Å². The lowest BCUT2D eigenvalue weighted by Crippen LogP contribution is -2.46. The van der Waals surface area contributed by atoms with E-state index in [4.69, 9.17) is 13.3 Å². The molecule has 0 aliphatic carbocycles. The normalized spacial score (nSPS) is 14.6. The molecule has 0 amide bonds. The Hall–Kier alpha value is -0.163. The first-order chi connectivity index (χ1) is 7.67. The van der Waals surface area contributed by atoms with Gasteiger partial charge in [0.15, 0.2) is 0 Å². The zero-order chi connectivity index (χ0) is 12.4. The third-order valence-electron chi connectivity index (χ3n) is 2.49. The van der Waals surface area contributed by atoms with Gasteiger partial charge in [-0.3, -0.25) is 0 Å². The van der Waals surface area contributed by atoms with Crippen LogP contribution >= 0.6 is 0 Å². The van der Waals surface area contributed by atoms with Gasteiger partial charge in [-0.05, 0) is 13.3 Å². The Bertz CT molecular complexity index is 191. The van der Waals surface area contributed by atoms with E-state index in [1.54, 1.807) is 14.2 Å². The Balaban J connectivity index is 4.54. The summed E-state index contributed by atoms with van der Waals surface area (Å²) < 4.78 is 17.1. The maximum Gasteiger partial charge on any atom is 0.500 e. The molecule has 0 saturated heterocycles. The maximum atomic E-state index is 6.07. The zero-order valence-corrected chi connectivity index (χ0v) is 12.3. The van der Waals surface area contributed by atoms with Gasteiger partial charge in [-0.1, -0.05) is 38.8 Å². The molecule has 16 heavy (non-hydrogen) atoms. The van der Waals surface area contributed by atoms with E-state index in [-0.39, 0.29) is 6.10 Å². The molecule has 0 rings (SSSR count). The van der Waals surface area contributed by atoms with Crippen LogP contribution in [0.2, 0.25) is 6.04 Å². The predicted molar refractivity (Wildman–Crippen MR) is 69.5 cm³/mol. The summed E-state index contributed by atoms with van der Waals surface area (Å²) >= 11 is 0. The van der Waals surface area contributed by atoms with E-state index in [0.717, 1.165) is 25.3 Å². The topological polar surface area (TPSA) is 27.7 Å². The molecule has 0 aromatic rings. The predicted octanol–water partition coefficient (Wildman–Crippen LogP) is 3.39. The fraction of sp³-hybridized carbons (Fsp3) is 0.833. The minimum absolute atomic E-state index is 0.119. The van der Waals surface area contributed by atoms with Gasteiger partial charge in [-0.25, -0.2) is 0 Å². The molecular formula is C12H26O3Si. The molecule has 3 nitrogen and oxygen atoms in total. The molecule has 0 spiro atoms. The average Bonchev–Trinajstić information content (AvgIpc) is 2.29. The van der Waals surface area contributed by atoms with Crippen molar-refractivity contribution in [2.24, 2.45) is 0 Å². The first kappa shape index (κ1) is 15.8. The van der Waals surface area contributed by atoms with Crippen molar-refractivity contribution in [1.82, 2.24) is 0 Å². The Morgan fingerprint density at radius 2 is 1.75 bits per heavy atom. The fourth-order valence-electron chi connectivity index (χ4n) is 1.67. The van der Waals surface area contributed by atoms with E-state index >= 15 is 0 Å². The number of hydrogen-bond acceptors (Lipinski definition) is 3. The van der Waals surface area contributed by atoms with Crippen molar-refractivity contribution >= 4 is 8.80 Å². The highest BCUT2D eigenvalue weighted by Crippen LogP contribution is 2.20. The van der Waals surface area contributed by atoms with Crippen LogP contribution in [0.4, 0.5) is 0 Å². The minimum Gasteiger partial charge on any atom is -0.377 e. The van der Waals surface area contributed by atoms with E-state index < -0.39 is 8.80 Å². The Kier molecular flexibility index (Phi) is 8.84. The van der Waals surface area contributed by atoms with E-state index in [1.165, 1.54) is 0 Å². The summed E-state index contributed by atoms with van der Waals surface area (Å²) in [6, 6.07) is 0.873. The summed E-state index contributed by atoms with van der Waals surface area (Å²) in [7, 11) is 0.937. The molecule has 0 fully saturated rings. The lowest BCUT2D eigenvalue weighted by Gasteiger charge is -2.29. The van der Waals surface area contributed by atoms with Gasteiger partial charge in [0.05, 0.1) is 6.10 Å². The van der Waals surface area contributed by atoms with E-state index in [2.05, 4.69) is 19.9 Å². The second-order valence-corrected chi connectivity index (χ2v) is 6.73. The molecule has 0 aliphatic rings. The standard InChI is InChI=1S/C12H26O3Si/c1-6-9-12(10-7-2)15-16(13-4,14-5)11-8-3/h6,9,12H,7-8,10-11H2,1-5H3. The SMILES string of the molecule is CC=CC(CCC)O[Si](CCC)(OC)OC. The first-order valence-corrected chi connectivity index (χ1v) is 8.02. The molecule has 0 radical (unpaired) electrons. The highest BCUT2D eigenvalue weighted by atomic mass is 28.4. The van der Waals surface area contributed by atoms with Crippen molar-refractivity contribution in [3.63, 3.8) is 0 Å². The maximum absolute atomic E-state index is 6.07. The van der Waals surface area contributed by atoms with E-state index in [1.807, 2.05) is 13.0 Å². The smallest absolute Gasteiger partial charge is 0.377 e. The summed E-state index contributed by atoms with van der Waals surface area (Å²) in [4.78, 5) is 0. The summed E-state index contributed by atoms with van der Waals surface area (Å²) in [6.45, 7) is 6.28. The third-order valence-corrected chi connectivity index (χ3v) is 5.51. The molecule has 0 aliphatic heterocycles. The van der Waals surface area contributed by atoms with Crippen molar-refractivity contribution in [3.8, 4) is 0 Å². The Morgan fingerprint density at radius 1 is 1.12 bits per heavy atom. The van der Waals surface area contributed by atoms with E-state index in [9.17, 15) is 0 Å². The van der Waals surface area contributed by atoms with Crippen LogP contribution in [0.5, 0.6) is 0 Å². The molecule has 96 valence electrons. The Morgan fingerprint density at radius 3 is 2.12 bits per heavy atom. The van der Waals surface area contributed by atoms with Gasteiger partial charge in [0.1, 0.15) is 0 Å². The van der Waals surface area contributed by atoms with Crippen LogP contribution in [0.3, 0.4) is 0 Å². The van der Waals surface area contributed by atoms with Crippen molar-refractivity contribution < 1.29 is 13.3 Å². The van der Waals surface area contributed by atoms with Crippen LogP contribution in [0, 0.1) is 0 Å². The molecule has 0 saturated carbocycles. The highest BCUT2D eigenvalue weighted by molar-refractivity contribution is 6.60. The van der Waals surface area contributed by atoms with Crippen molar-refractivity contribution in [2.75, 3.05) is 14.2 Å². The molecule has 0 bridgehead atoms. The molecule has 0 aromatic heterocycles. The van der Waals surface area contributed by atoms with Crippen LogP contribution in [0.25, 0.3) is 0 Å². The summed E-state index contributed by atoms with van der Waals surface area (Å²) in [5, 5.41) is 0. The Labute approximate surface area is 101 Å². The number of rotatable bonds is 9. The quantitative estimate of drug-likeness (QED) is 0.461. The van der Waals surface area contributed by atoms with Gasteiger partial charge >= 0.3 is 8.80 Å². The van der Waals surface area contributed by atoms with Crippen LogP contribution in [-0.2, 0) is 13.3 Å². The monoisotopic (exact) mass is 246 g/mol. The molecular weight excluding hydrogens is 220 g/mol. The van der Waals surface area contributed by atoms with Gasteiger partial charge in [0, 0.05) is 20.3 Å². The summed E-state index contributed by atoms with van der Waals surface area (Å²) in [5.41, 5.74) is 0. The van der Waals surface area contributed by atoms with E-state index in [0.29, 0.717) is 0 Å². The molecule has 0 aromatic carbocycles. The molecule has 0 N–H and O–H groups in total. The highest BCUT2D eigenvalue weighted by Gasteiger charge is 2.39. The number of allylic oxidation sites excluding steroid dienone is 1. The van der Waals surface area contributed by atoms with Crippen LogP contribution in [-0.4, -0.2) is 29.1 Å². The van der Waals surface area contributed by atoms with Gasteiger partial charge < -0.3 is 13.3 Å². The second-order valence-electron chi connectivity index (χ2n) is 3.81. The fourth-order valence-corrected chi connectivity index (χ4v) is 3.83. The second kappa shape index (κ2) is 8.93. The molecule has 0 heterocycles. The minimum atomic E-state index is -2.43. The van der Waals surface area contributed by atoms with Gasteiger partial charge in [-0.15, -0.1) is 0 Å².